The van der Waals surface area contributed by atoms with Gasteiger partial charge in [0.15, 0.2) is 0 Å². The van der Waals surface area contributed by atoms with Crippen molar-refractivity contribution >= 4 is 11.6 Å². The van der Waals surface area contributed by atoms with Crippen molar-refractivity contribution in [2.45, 2.75) is 46.1 Å². The van der Waals surface area contributed by atoms with E-state index in [-0.39, 0.29) is 18.6 Å². The molecule has 112 valence electrons. The van der Waals surface area contributed by atoms with E-state index in [1.54, 1.807) is 0 Å². The summed E-state index contributed by atoms with van der Waals surface area (Å²) in [6.45, 7) is 9.31. The van der Waals surface area contributed by atoms with E-state index in [0.717, 1.165) is 30.2 Å². The number of hydrogen-bond donors (Lipinski definition) is 3. The fraction of sp³-hybridized carbons (Fsp3) is 0.714. The summed E-state index contributed by atoms with van der Waals surface area (Å²) in [4.78, 5) is 11.3. The lowest BCUT2D eigenvalue weighted by Gasteiger charge is -2.28. The maximum atomic E-state index is 9.64. The molecule has 1 aliphatic heterocycles. The van der Waals surface area contributed by atoms with E-state index in [2.05, 4.69) is 36.1 Å². The molecule has 0 spiro atoms. The quantitative estimate of drug-likeness (QED) is 0.570. The lowest BCUT2D eigenvalue weighted by molar-refractivity contribution is 0.244. The third-order valence-electron chi connectivity index (χ3n) is 4.13. The monoisotopic (exact) mass is 279 g/mol. The molecule has 0 amide bonds. The van der Waals surface area contributed by atoms with Crippen LogP contribution in [0.2, 0.25) is 0 Å². The van der Waals surface area contributed by atoms with E-state index in [9.17, 15) is 5.11 Å². The molecule has 1 aliphatic rings. The zero-order chi connectivity index (χ0) is 14.9. The minimum atomic E-state index is 0.120. The summed E-state index contributed by atoms with van der Waals surface area (Å²) < 4.78 is 0. The molecular weight excluding hydrogens is 254 g/mol. The number of aromatic nitrogens is 2. The third-order valence-corrected chi connectivity index (χ3v) is 4.13. The highest BCUT2D eigenvalue weighted by atomic mass is 16.3. The van der Waals surface area contributed by atoms with Gasteiger partial charge in [-0.05, 0) is 19.3 Å². The van der Waals surface area contributed by atoms with Gasteiger partial charge < -0.3 is 15.4 Å². The zero-order valence-corrected chi connectivity index (χ0v) is 12.7. The van der Waals surface area contributed by atoms with Crippen LogP contribution in [0, 0.1) is 12.8 Å². The maximum Gasteiger partial charge on any atom is 0.148 e. The second-order valence-corrected chi connectivity index (χ2v) is 5.89. The van der Waals surface area contributed by atoms with Crippen LogP contribution in [0.5, 0.6) is 0 Å². The zero-order valence-electron chi connectivity index (χ0n) is 12.7. The van der Waals surface area contributed by atoms with Crippen molar-refractivity contribution in [3.63, 3.8) is 0 Å². The van der Waals surface area contributed by atoms with E-state index >= 15 is 0 Å². The van der Waals surface area contributed by atoms with Crippen LogP contribution in [0.3, 0.4) is 0 Å². The number of aliphatic hydroxyl groups is 1. The topological polar surface area (TPSA) is 87.3 Å². The van der Waals surface area contributed by atoms with Gasteiger partial charge >= 0.3 is 0 Å². The molecule has 0 aromatic carbocycles. The molecule has 4 N–H and O–H groups in total. The predicted octanol–water partition coefficient (Wildman–Crippen LogP) is 1.40. The van der Waals surface area contributed by atoms with Crippen LogP contribution >= 0.6 is 0 Å². The van der Waals surface area contributed by atoms with Crippen molar-refractivity contribution in [3.8, 4) is 0 Å². The van der Waals surface area contributed by atoms with Gasteiger partial charge in [0.2, 0.25) is 0 Å². The van der Waals surface area contributed by atoms with Crippen molar-refractivity contribution < 1.29 is 5.11 Å². The van der Waals surface area contributed by atoms with Gasteiger partial charge in [-0.1, -0.05) is 20.8 Å². The molecule has 1 aromatic rings. The molecule has 20 heavy (non-hydrogen) atoms. The number of hydrogen-bond acceptors (Lipinski definition) is 6. The van der Waals surface area contributed by atoms with Gasteiger partial charge in [-0.2, -0.15) is 0 Å². The molecule has 1 fully saturated rings. The smallest absolute Gasteiger partial charge is 0.148 e. The Morgan fingerprint density at radius 2 is 2.15 bits per heavy atom. The molecule has 0 saturated carbocycles. The van der Waals surface area contributed by atoms with Gasteiger partial charge in [0, 0.05) is 18.0 Å². The summed E-state index contributed by atoms with van der Waals surface area (Å²) in [6, 6.07) is 0.120. The fourth-order valence-electron chi connectivity index (χ4n) is 2.75. The molecule has 1 aromatic heterocycles. The van der Waals surface area contributed by atoms with Crippen molar-refractivity contribution in [3.05, 3.63) is 11.4 Å². The van der Waals surface area contributed by atoms with Gasteiger partial charge in [0.1, 0.15) is 17.5 Å². The number of aliphatic hydroxyl groups excluding tert-OH is 1. The number of anilines is 2. The summed E-state index contributed by atoms with van der Waals surface area (Å²) in [7, 11) is 0. The Morgan fingerprint density at radius 1 is 1.45 bits per heavy atom. The summed E-state index contributed by atoms with van der Waals surface area (Å²) >= 11 is 0. The van der Waals surface area contributed by atoms with E-state index in [1.165, 1.54) is 0 Å². The number of nitrogens with zero attached hydrogens (tertiary/aromatic N) is 3. The van der Waals surface area contributed by atoms with Gasteiger partial charge in [0.05, 0.1) is 12.6 Å². The summed E-state index contributed by atoms with van der Waals surface area (Å²) in [5.74, 6) is 8.59. The predicted molar refractivity (Wildman–Crippen MR) is 80.7 cm³/mol. The summed E-state index contributed by atoms with van der Waals surface area (Å²) in [5.41, 5.74) is 3.59. The van der Waals surface area contributed by atoms with Gasteiger partial charge in [-0.15, -0.1) is 0 Å². The summed E-state index contributed by atoms with van der Waals surface area (Å²) in [6.07, 6.45) is 1.07. The van der Waals surface area contributed by atoms with Crippen LogP contribution in [0.1, 0.15) is 44.5 Å². The highest BCUT2D eigenvalue weighted by Gasteiger charge is 2.33. The van der Waals surface area contributed by atoms with Gasteiger partial charge in [-0.25, -0.2) is 15.8 Å². The van der Waals surface area contributed by atoms with E-state index in [1.807, 2.05) is 6.92 Å². The van der Waals surface area contributed by atoms with Crippen LogP contribution < -0.4 is 16.2 Å². The normalized spacial score (nSPS) is 22.6. The van der Waals surface area contributed by atoms with Gasteiger partial charge in [-0.3, -0.25) is 0 Å². The lowest BCUT2D eigenvalue weighted by Crippen LogP contribution is -2.36. The minimum Gasteiger partial charge on any atom is -0.394 e. The average Bonchev–Trinajstić information content (AvgIpc) is 2.79. The highest BCUT2D eigenvalue weighted by molar-refractivity contribution is 5.59. The molecule has 2 unspecified atom stereocenters. The standard InChI is InChI=1S/C14H25N5O/c1-8(2)12-16-13(18-15)10(4)14(17-12)19-6-5-9(3)11(19)7-20/h8-9,11,20H,5-7,15H2,1-4H3,(H,16,17,18). The molecule has 0 aliphatic carbocycles. The van der Waals surface area contributed by atoms with Crippen molar-refractivity contribution in [1.29, 1.82) is 0 Å². The fourth-order valence-corrected chi connectivity index (χ4v) is 2.75. The van der Waals surface area contributed by atoms with Crippen LogP contribution in [0.15, 0.2) is 0 Å². The van der Waals surface area contributed by atoms with Crippen LogP contribution in [-0.4, -0.2) is 34.3 Å². The molecule has 0 radical (unpaired) electrons. The Kier molecular flexibility index (Phi) is 4.45. The maximum absolute atomic E-state index is 9.64. The Labute approximate surface area is 120 Å². The first-order valence-corrected chi connectivity index (χ1v) is 7.22. The molecule has 1 saturated heterocycles. The molecule has 0 bridgehead atoms. The molecule has 2 rings (SSSR count). The Bertz CT molecular complexity index is 477. The van der Waals surface area contributed by atoms with E-state index in [0.29, 0.717) is 11.7 Å². The minimum absolute atomic E-state index is 0.120. The Morgan fingerprint density at radius 3 is 2.70 bits per heavy atom. The Hall–Kier alpha value is -1.40. The summed E-state index contributed by atoms with van der Waals surface area (Å²) in [5, 5.41) is 9.64. The molecule has 2 atom stereocenters. The number of nitrogens with two attached hydrogens (primary N) is 1. The first-order chi connectivity index (χ1) is 9.49. The van der Waals surface area contributed by atoms with Crippen molar-refractivity contribution in [1.82, 2.24) is 9.97 Å². The third kappa shape index (κ3) is 2.58. The number of hydrazine groups is 1. The molecule has 6 heteroatoms. The van der Waals surface area contributed by atoms with Gasteiger partial charge in [0.25, 0.3) is 0 Å². The molecular formula is C14H25N5O. The number of nitrogens with one attached hydrogen (secondary N) is 1. The second-order valence-electron chi connectivity index (χ2n) is 5.89. The van der Waals surface area contributed by atoms with E-state index < -0.39 is 0 Å². The first kappa shape index (κ1) is 15.0. The number of rotatable bonds is 4. The average molecular weight is 279 g/mol. The molecule has 6 nitrogen and oxygen atoms in total. The number of nitrogen functional groups attached to an aromatic ring is 1. The largest absolute Gasteiger partial charge is 0.394 e. The lowest BCUT2D eigenvalue weighted by atomic mass is 10.0. The van der Waals surface area contributed by atoms with Crippen LogP contribution in [-0.2, 0) is 0 Å². The first-order valence-electron chi connectivity index (χ1n) is 7.22. The van der Waals surface area contributed by atoms with Crippen LogP contribution in [0.4, 0.5) is 11.6 Å². The SMILES string of the molecule is Cc1c(NN)nc(C(C)C)nc1N1CCC(C)C1CO. The second kappa shape index (κ2) is 5.93. The van der Waals surface area contributed by atoms with Crippen LogP contribution in [0.25, 0.3) is 0 Å². The van der Waals surface area contributed by atoms with Crippen molar-refractivity contribution in [2.75, 3.05) is 23.5 Å². The molecule has 2 heterocycles. The van der Waals surface area contributed by atoms with E-state index in [4.69, 9.17) is 10.8 Å². The highest BCUT2D eigenvalue weighted by Crippen LogP contribution is 2.33. The Balaban J connectivity index is 2.47. The van der Waals surface area contributed by atoms with Crippen molar-refractivity contribution in [2.24, 2.45) is 11.8 Å².